The summed E-state index contributed by atoms with van der Waals surface area (Å²) >= 11 is 16.3. The molecule has 2 rings (SSSR count). The predicted molar refractivity (Wildman–Crippen MR) is 151 cm³/mol. The van der Waals surface area contributed by atoms with Crippen molar-refractivity contribution in [2.45, 2.75) is 102 Å². The topological polar surface area (TPSA) is 63.7 Å². The standard InChI is InChI=1S/C26H38ClNO4S3.Na/c1-2-3-4-5-6-7-8-9-10-11-12-13-14-15-18-35(30,31)21-16-17-22(27)23(19-21)28-25(34)24(20-33)32-26(28)29;/h16-17,19-20,33H,2-15,18H2,1H3;/q;+1/p-1/b24-20-;. The van der Waals surface area contributed by atoms with Crippen LogP contribution >= 0.6 is 23.8 Å². The number of thiocarbonyl (C=S) groups is 1. The Labute approximate surface area is 255 Å². The molecule has 36 heavy (non-hydrogen) atoms. The van der Waals surface area contributed by atoms with Crippen LogP contribution in [0.2, 0.25) is 5.02 Å². The van der Waals surface area contributed by atoms with Gasteiger partial charge in [0.2, 0.25) is 0 Å². The van der Waals surface area contributed by atoms with E-state index in [2.05, 4.69) is 6.92 Å². The molecule has 5 nitrogen and oxygen atoms in total. The smallest absolute Gasteiger partial charge is 0.784 e. The maximum absolute atomic E-state index is 12.9. The van der Waals surface area contributed by atoms with E-state index >= 15 is 0 Å². The molecule has 10 heteroatoms. The van der Waals surface area contributed by atoms with Gasteiger partial charge in [0.15, 0.2) is 14.8 Å². The molecule has 0 aliphatic carbocycles. The van der Waals surface area contributed by atoms with E-state index in [0.29, 0.717) is 6.42 Å². The number of rotatable bonds is 17. The van der Waals surface area contributed by atoms with Crippen molar-refractivity contribution in [3.63, 3.8) is 0 Å². The van der Waals surface area contributed by atoms with E-state index in [9.17, 15) is 13.2 Å². The Morgan fingerprint density at radius 2 is 1.44 bits per heavy atom. The van der Waals surface area contributed by atoms with Gasteiger partial charge in [0.25, 0.3) is 0 Å². The molecule has 0 N–H and O–H groups in total. The number of unbranched alkanes of at least 4 members (excludes halogenated alkanes) is 13. The monoisotopic (exact) mass is 581 g/mol. The van der Waals surface area contributed by atoms with E-state index in [1.165, 1.54) is 87.8 Å². The fraction of sp³-hybridized carbons (Fsp3) is 0.615. The summed E-state index contributed by atoms with van der Waals surface area (Å²) in [6, 6.07) is 4.29. The molecule has 196 valence electrons. The zero-order valence-electron chi connectivity index (χ0n) is 21.6. The summed E-state index contributed by atoms with van der Waals surface area (Å²) in [5.74, 6) is 0.130. The average molecular weight is 582 g/mol. The fourth-order valence-electron chi connectivity index (χ4n) is 4.12. The first kappa shape index (κ1) is 33.8. The molecule has 1 aliphatic rings. The second-order valence-corrected chi connectivity index (χ2v) is 12.2. The van der Waals surface area contributed by atoms with Crippen LogP contribution in [0.1, 0.15) is 96.8 Å². The molecule has 0 radical (unpaired) electrons. The van der Waals surface area contributed by atoms with Crippen molar-refractivity contribution < 1.29 is 47.5 Å². The van der Waals surface area contributed by atoms with Crippen molar-refractivity contribution in [2.24, 2.45) is 0 Å². The number of ether oxygens (including phenoxy) is 1. The minimum atomic E-state index is -3.52. The SMILES string of the molecule is CCCCCCCCCCCCCCCCS(=O)(=O)c1ccc(Cl)c(N2C(=O)O/C(=C\[S-])C2=S)c1.[Na+]. The average Bonchev–Trinajstić information content (AvgIpc) is 3.12. The van der Waals surface area contributed by atoms with Gasteiger partial charge < -0.3 is 17.4 Å². The van der Waals surface area contributed by atoms with Gasteiger partial charge in [0.05, 0.1) is 21.4 Å². The molecule has 1 saturated heterocycles. The van der Waals surface area contributed by atoms with Gasteiger partial charge in [-0.15, -0.1) is 0 Å². The van der Waals surface area contributed by atoms with Gasteiger partial charge >= 0.3 is 35.7 Å². The first-order valence-electron chi connectivity index (χ1n) is 12.7. The summed E-state index contributed by atoms with van der Waals surface area (Å²) in [5, 5.41) is 1.37. The van der Waals surface area contributed by atoms with E-state index in [0.717, 1.165) is 24.2 Å². The molecule has 0 unspecified atom stereocenters. The van der Waals surface area contributed by atoms with Crippen LogP contribution in [0.5, 0.6) is 0 Å². The molecule has 1 aromatic carbocycles. The van der Waals surface area contributed by atoms with Crippen LogP contribution in [0.25, 0.3) is 0 Å². The number of anilines is 1. The Balaban J connectivity index is 0.00000648. The Bertz CT molecular complexity index is 985. The Morgan fingerprint density at radius 1 is 0.944 bits per heavy atom. The van der Waals surface area contributed by atoms with Crippen LogP contribution in [0.3, 0.4) is 0 Å². The second-order valence-electron chi connectivity index (χ2n) is 9.02. The third-order valence-corrected chi connectivity index (χ3v) is 8.90. The van der Waals surface area contributed by atoms with E-state index in [1.807, 2.05) is 0 Å². The number of amides is 1. The minimum absolute atomic E-state index is 0. The number of nitrogens with zero attached hydrogens (tertiary/aromatic N) is 1. The number of cyclic esters (lactones) is 1. The Kier molecular flexibility index (Phi) is 17.0. The summed E-state index contributed by atoms with van der Waals surface area (Å²) in [6.07, 6.45) is 16.2. The molecule has 0 atom stereocenters. The summed E-state index contributed by atoms with van der Waals surface area (Å²) < 4.78 is 30.8. The molecule has 0 bridgehead atoms. The Hall–Kier alpha value is -0.220. The van der Waals surface area contributed by atoms with Gasteiger partial charge in [-0.05, 0) is 24.6 Å². The summed E-state index contributed by atoms with van der Waals surface area (Å²) in [6.45, 7) is 2.25. The molecule has 1 heterocycles. The molecule has 0 spiro atoms. The molecular weight excluding hydrogens is 545 g/mol. The summed E-state index contributed by atoms with van der Waals surface area (Å²) in [5.41, 5.74) is 0.176. The van der Waals surface area contributed by atoms with Crippen LogP contribution in [0.15, 0.2) is 34.3 Å². The number of sulfone groups is 1. The van der Waals surface area contributed by atoms with Crippen molar-refractivity contribution in [1.82, 2.24) is 0 Å². The van der Waals surface area contributed by atoms with Crippen LogP contribution in [0.4, 0.5) is 10.5 Å². The van der Waals surface area contributed by atoms with E-state index in [-0.39, 0.29) is 61.7 Å². The summed E-state index contributed by atoms with van der Waals surface area (Å²) in [7, 11) is -3.52. The largest absolute Gasteiger partial charge is 1.00 e. The van der Waals surface area contributed by atoms with Crippen molar-refractivity contribution in [3.05, 3.63) is 34.4 Å². The fourth-order valence-corrected chi connectivity index (χ4v) is 6.22. The first-order chi connectivity index (χ1) is 16.8. The second kappa shape index (κ2) is 18.1. The number of hydrogen-bond donors (Lipinski definition) is 0. The minimum Gasteiger partial charge on any atom is -0.784 e. The van der Waals surface area contributed by atoms with Crippen molar-refractivity contribution in [2.75, 3.05) is 10.7 Å². The normalized spacial score (nSPS) is 14.8. The molecule has 1 aliphatic heterocycles. The van der Waals surface area contributed by atoms with Gasteiger partial charge in [-0.25, -0.2) is 18.1 Å². The van der Waals surface area contributed by atoms with Gasteiger partial charge in [0.1, 0.15) is 5.76 Å². The predicted octanol–water partition coefficient (Wildman–Crippen LogP) is 5.27. The van der Waals surface area contributed by atoms with Crippen molar-refractivity contribution in [3.8, 4) is 0 Å². The number of halogens is 1. The maximum atomic E-state index is 12.9. The van der Waals surface area contributed by atoms with E-state index in [4.69, 9.17) is 41.2 Å². The van der Waals surface area contributed by atoms with Gasteiger partial charge in [-0.2, -0.15) is 5.41 Å². The van der Waals surface area contributed by atoms with E-state index in [1.54, 1.807) is 0 Å². The molecule has 1 aromatic rings. The van der Waals surface area contributed by atoms with Crippen LogP contribution in [-0.2, 0) is 27.2 Å². The zero-order valence-corrected chi connectivity index (χ0v) is 26.8. The maximum Gasteiger partial charge on any atom is 1.00 e. The molecule has 1 fully saturated rings. The quantitative estimate of drug-likeness (QED) is 0.0821. The first-order valence-corrected chi connectivity index (χ1v) is 15.6. The number of benzene rings is 1. The van der Waals surface area contributed by atoms with Gasteiger partial charge in [-0.3, -0.25) is 0 Å². The molecular formula is C26H37ClNNaO4S3. The third-order valence-electron chi connectivity index (χ3n) is 6.18. The third kappa shape index (κ3) is 10.9. The number of carbonyl (C=O) groups is 1. The van der Waals surface area contributed by atoms with Gasteiger partial charge in [-0.1, -0.05) is 114 Å². The van der Waals surface area contributed by atoms with E-state index < -0.39 is 15.9 Å². The zero-order chi connectivity index (χ0) is 25.7. The number of carbonyl (C=O) groups excluding carboxylic acids is 1. The molecule has 0 saturated carbocycles. The van der Waals surface area contributed by atoms with Gasteiger partial charge in [0, 0.05) is 0 Å². The number of hydrogen-bond acceptors (Lipinski definition) is 6. The van der Waals surface area contributed by atoms with Crippen LogP contribution in [-0.4, -0.2) is 25.3 Å². The van der Waals surface area contributed by atoms with Crippen LogP contribution in [0, 0.1) is 0 Å². The van der Waals surface area contributed by atoms with Crippen molar-refractivity contribution in [1.29, 1.82) is 0 Å². The molecule has 0 aromatic heterocycles. The van der Waals surface area contributed by atoms with Crippen LogP contribution < -0.4 is 34.5 Å². The Morgan fingerprint density at radius 3 is 1.92 bits per heavy atom. The summed E-state index contributed by atoms with van der Waals surface area (Å²) in [4.78, 5) is 13.5. The molecule has 1 amide bonds. The van der Waals surface area contributed by atoms with Crippen molar-refractivity contribution >= 4 is 63.1 Å².